The summed E-state index contributed by atoms with van der Waals surface area (Å²) in [4.78, 5) is 23.2. The van der Waals surface area contributed by atoms with Crippen LogP contribution in [0.25, 0.3) is 0 Å². The van der Waals surface area contributed by atoms with Crippen LogP contribution in [-0.4, -0.2) is 19.0 Å². The molecule has 1 N–H and O–H groups in total. The zero-order valence-corrected chi connectivity index (χ0v) is 12.6. The van der Waals surface area contributed by atoms with E-state index in [4.69, 9.17) is 16.6 Å². The third-order valence-corrected chi connectivity index (χ3v) is 3.18. The average molecular weight is 320 g/mol. The van der Waals surface area contributed by atoms with Gasteiger partial charge in [0.25, 0.3) is 5.91 Å². The van der Waals surface area contributed by atoms with Crippen LogP contribution >= 0.6 is 11.9 Å². The molecule has 6 heteroatoms. The summed E-state index contributed by atoms with van der Waals surface area (Å²) in [6.07, 6.45) is 0. The molecule has 0 aromatic heterocycles. The lowest BCUT2D eigenvalue weighted by Crippen LogP contribution is -2.22. The zero-order chi connectivity index (χ0) is 15.9. The third kappa shape index (κ3) is 3.99. The van der Waals surface area contributed by atoms with Crippen LogP contribution in [0, 0.1) is 0 Å². The smallest absolute Gasteiger partial charge is 0.356 e. The van der Waals surface area contributed by atoms with E-state index in [-0.39, 0.29) is 11.5 Å². The van der Waals surface area contributed by atoms with E-state index in [2.05, 4.69) is 9.61 Å². The molecule has 2 aromatic rings. The fraction of sp³-hybridized carbons (Fsp3) is 0.125. The molecule has 5 nitrogen and oxygen atoms in total. The normalized spacial score (nSPS) is 9.91. The van der Waals surface area contributed by atoms with Crippen molar-refractivity contribution in [1.82, 2.24) is 5.32 Å². The maximum Gasteiger partial charge on any atom is 0.356 e. The summed E-state index contributed by atoms with van der Waals surface area (Å²) in [6, 6.07) is 13.4. The molecule has 2 rings (SSSR count). The maximum absolute atomic E-state index is 12.0. The highest BCUT2D eigenvalue weighted by molar-refractivity contribution is 6.15. The summed E-state index contributed by atoms with van der Waals surface area (Å²) in [5.41, 5.74) is 1.64. The molecule has 0 heterocycles. The van der Waals surface area contributed by atoms with Gasteiger partial charge < -0.3 is 14.3 Å². The Bertz CT molecular complexity index is 670. The van der Waals surface area contributed by atoms with Crippen LogP contribution in [-0.2, 0) is 10.8 Å². The first-order valence-corrected chi connectivity index (χ1v) is 6.79. The van der Waals surface area contributed by atoms with Crippen LogP contribution in [0.5, 0.6) is 5.75 Å². The van der Waals surface area contributed by atoms with E-state index >= 15 is 0 Å². The molecule has 0 radical (unpaired) electrons. The number of amides is 1. The van der Waals surface area contributed by atoms with E-state index in [1.54, 1.807) is 7.11 Å². The molecule has 0 saturated heterocycles. The molecule has 0 saturated carbocycles. The van der Waals surface area contributed by atoms with Crippen molar-refractivity contribution >= 4 is 23.7 Å². The SMILES string of the molecule is COc1cccc(CNC(=O)c2ccc(C(=O)OCl)cc2)c1. The van der Waals surface area contributed by atoms with Crippen LogP contribution in [0.3, 0.4) is 0 Å². The van der Waals surface area contributed by atoms with E-state index < -0.39 is 5.97 Å². The van der Waals surface area contributed by atoms with Crippen LogP contribution < -0.4 is 10.1 Å². The molecule has 0 aliphatic heterocycles. The van der Waals surface area contributed by atoms with Crippen molar-refractivity contribution in [2.24, 2.45) is 0 Å². The lowest BCUT2D eigenvalue weighted by atomic mass is 10.1. The lowest BCUT2D eigenvalue weighted by Gasteiger charge is -2.07. The molecule has 0 atom stereocenters. The van der Waals surface area contributed by atoms with Gasteiger partial charge in [-0.1, -0.05) is 12.1 Å². The third-order valence-electron chi connectivity index (χ3n) is 3.04. The molecule has 1 amide bonds. The fourth-order valence-electron chi connectivity index (χ4n) is 1.87. The molecular formula is C16H14ClNO4. The largest absolute Gasteiger partial charge is 0.497 e. The Morgan fingerprint density at radius 1 is 1.09 bits per heavy atom. The second-order valence-corrected chi connectivity index (χ2v) is 4.63. The number of carbonyl (C=O) groups excluding carboxylic acids is 2. The van der Waals surface area contributed by atoms with E-state index in [1.807, 2.05) is 24.3 Å². The number of halogens is 1. The van der Waals surface area contributed by atoms with Crippen molar-refractivity contribution < 1.29 is 18.6 Å². The standard InChI is InChI=1S/C16H14ClNO4/c1-21-14-4-2-3-11(9-14)10-18-15(19)12-5-7-13(8-6-12)16(20)22-17/h2-9H,10H2,1H3,(H,18,19). The minimum Gasteiger partial charge on any atom is -0.497 e. The van der Waals surface area contributed by atoms with Gasteiger partial charge >= 0.3 is 5.97 Å². The van der Waals surface area contributed by atoms with E-state index in [0.29, 0.717) is 12.1 Å². The Morgan fingerprint density at radius 3 is 2.41 bits per heavy atom. The lowest BCUT2D eigenvalue weighted by molar-refractivity contribution is 0.0750. The molecule has 2 aromatic carbocycles. The molecule has 0 aliphatic carbocycles. The number of methoxy groups -OCH3 is 1. The quantitative estimate of drug-likeness (QED) is 0.920. The molecule has 22 heavy (non-hydrogen) atoms. The van der Waals surface area contributed by atoms with Crippen LogP contribution in [0.2, 0.25) is 0 Å². The number of hydrogen-bond acceptors (Lipinski definition) is 4. The van der Waals surface area contributed by atoms with Gasteiger partial charge in [0.1, 0.15) is 17.6 Å². The van der Waals surface area contributed by atoms with Gasteiger partial charge in [0.15, 0.2) is 0 Å². The summed E-state index contributed by atoms with van der Waals surface area (Å²) in [7, 11) is 1.59. The van der Waals surface area contributed by atoms with Gasteiger partial charge in [0.05, 0.1) is 12.7 Å². The first-order chi connectivity index (χ1) is 10.6. The van der Waals surface area contributed by atoms with Gasteiger partial charge in [0.2, 0.25) is 0 Å². The summed E-state index contributed by atoms with van der Waals surface area (Å²) >= 11 is 4.99. The Kier molecular flexibility index (Phi) is 5.38. The van der Waals surface area contributed by atoms with Crippen molar-refractivity contribution in [3.05, 3.63) is 65.2 Å². The summed E-state index contributed by atoms with van der Waals surface area (Å²) < 4.78 is 9.21. The number of rotatable bonds is 5. The monoisotopic (exact) mass is 319 g/mol. The predicted octanol–water partition coefficient (Wildman–Crippen LogP) is 2.94. The number of benzene rings is 2. The van der Waals surface area contributed by atoms with Gasteiger partial charge in [-0.2, -0.15) is 0 Å². The zero-order valence-electron chi connectivity index (χ0n) is 11.8. The second-order valence-electron chi connectivity index (χ2n) is 4.48. The number of hydrogen-bond donors (Lipinski definition) is 1. The molecule has 0 fully saturated rings. The van der Waals surface area contributed by atoms with Crippen molar-refractivity contribution in [3.63, 3.8) is 0 Å². The summed E-state index contributed by atoms with van der Waals surface area (Å²) in [6.45, 7) is 0.376. The van der Waals surface area contributed by atoms with Gasteiger partial charge in [0, 0.05) is 12.1 Å². The van der Waals surface area contributed by atoms with Crippen LogP contribution in [0.4, 0.5) is 0 Å². The predicted molar refractivity (Wildman–Crippen MR) is 81.9 cm³/mol. The van der Waals surface area contributed by atoms with Gasteiger partial charge in [-0.15, -0.1) is 0 Å². The van der Waals surface area contributed by atoms with E-state index in [9.17, 15) is 9.59 Å². The van der Waals surface area contributed by atoms with Gasteiger partial charge in [-0.05, 0) is 42.0 Å². The van der Waals surface area contributed by atoms with Crippen molar-refractivity contribution in [2.75, 3.05) is 7.11 Å². The topological polar surface area (TPSA) is 64.6 Å². The maximum atomic E-state index is 12.0. The Balaban J connectivity index is 1.98. The van der Waals surface area contributed by atoms with Crippen molar-refractivity contribution in [1.29, 1.82) is 0 Å². The average Bonchev–Trinajstić information content (AvgIpc) is 2.59. The van der Waals surface area contributed by atoms with Crippen molar-refractivity contribution in [3.8, 4) is 5.75 Å². The fourth-order valence-corrected chi connectivity index (χ4v) is 1.96. The first-order valence-electron chi connectivity index (χ1n) is 6.48. The summed E-state index contributed by atoms with van der Waals surface area (Å²) in [5.74, 6) is -0.172. The summed E-state index contributed by atoms with van der Waals surface area (Å²) in [5, 5.41) is 2.79. The second kappa shape index (κ2) is 7.47. The molecule has 114 valence electrons. The number of nitrogens with one attached hydrogen (secondary N) is 1. The molecule has 0 aliphatic rings. The van der Waals surface area contributed by atoms with E-state index in [1.165, 1.54) is 24.3 Å². The van der Waals surface area contributed by atoms with Crippen molar-refractivity contribution in [2.45, 2.75) is 6.54 Å². The molecule has 0 spiro atoms. The first kappa shape index (κ1) is 15.9. The minimum absolute atomic E-state index is 0.242. The van der Waals surface area contributed by atoms with Crippen LogP contribution in [0.15, 0.2) is 48.5 Å². The molecule has 0 bridgehead atoms. The minimum atomic E-state index is -0.662. The Labute approximate surface area is 133 Å². The highest BCUT2D eigenvalue weighted by Crippen LogP contribution is 2.12. The highest BCUT2D eigenvalue weighted by Gasteiger charge is 2.09. The highest BCUT2D eigenvalue weighted by atomic mass is 35.5. The Hall–Kier alpha value is -2.53. The van der Waals surface area contributed by atoms with Gasteiger partial charge in [-0.25, -0.2) is 4.79 Å². The van der Waals surface area contributed by atoms with Crippen LogP contribution in [0.1, 0.15) is 26.3 Å². The molecule has 0 unspecified atom stereocenters. The number of ether oxygens (including phenoxy) is 1. The van der Waals surface area contributed by atoms with Gasteiger partial charge in [-0.3, -0.25) is 4.79 Å². The molecular weight excluding hydrogens is 306 g/mol. The number of carbonyl (C=O) groups is 2. The van der Waals surface area contributed by atoms with E-state index in [0.717, 1.165) is 11.3 Å². The Morgan fingerprint density at radius 2 is 1.77 bits per heavy atom.